The van der Waals surface area contributed by atoms with Gasteiger partial charge < -0.3 is 9.67 Å². The minimum atomic E-state index is -0.936. The number of carboxylic acid groups (broad SMARTS) is 1. The summed E-state index contributed by atoms with van der Waals surface area (Å²) in [7, 11) is 0. The molecule has 6 heteroatoms. The Morgan fingerprint density at radius 3 is 2.76 bits per heavy atom. The Labute approximate surface area is 130 Å². The molecule has 1 atom stereocenters. The summed E-state index contributed by atoms with van der Waals surface area (Å²) in [5, 5.41) is 9.16. The largest absolute Gasteiger partial charge is 0.478 e. The van der Waals surface area contributed by atoms with Crippen molar-refractivity contribution in [3.8, 4) is 0 Å². The number of nitrogens with zero attached hydrogens (tertiary/aromatic N) is 2. The van der Waals surface area contributed by atoms with Gasteiger partial charge in [-0.05, 0) is 44.2 Å². The molecule has 0 radical (unpaired) electrons. The quantitative estimate of drug-likeness (QED) is 0.779. The standard InChI is InChI=1S/C15H13ClN2O2S/c1-8(13-5-6-14(16)21-13)18-9(2)17-11-4-3-10(15(19)20)7-12(11)18/h3-8H,1-2H3,(H,19,20). The molecule has 0 fully saturated rings. The van der Waals surface area contributed by atoms with Crippen molar-refractivity contribution in [1.29, 1.82) is 0 Å². The molecule has 1 unspecified atom stereocenters. The second-order valence-corrected chi connectivity index (χ2v) is 6.60. The highest BCUT2D eigenvalue weighted by atomic mass is 35.5. The monoisotopic (exact) mass is 320 g/mol. The summed E-state index contributed by atoms with van der Waals surface area (Å²) >= 11 is 7.53. The van der Waals surface area contributed by atoms with Gasteiger partial charge in [0.1, 0.15) is 5.82 Å². The van der Waals surface area contributed by atoms with Crippen molar-refractivity contribution in [2.24, 2.45) is 0 Å². The molecular formula is C15H13ClN2O2S. The van der Waals surface area contributed by atoms with Crippen molar-refractivity contribution in [2.75, 3.05) is 0 Å². The molecule has 0 amide bonds. The first-order chi connectivity index (χ1) is 9.97. The summed E-state index contributed by atoms with van der Waals surface area (Å²) in [6, 6.07) is 8.91. The van der Waals surface area contributed by atoms with Crippen molar-refractivity contribution in [1.82, 2.24) is 9.55 Å². The summed E-state index contributed by atoms with van der Waals surface area (Å²) in [6.07, 6.45) is 0. The van der Waals surface area contributed by atoms with Crippen LogP contribution in [0.3, 0.4) is 0 Å². The molecule has 1 N–H and O–H groups in total. The highest BCUT2D eigenvalue weighted by molar-refractivity contribution is 7.16. The maximum Gasteiger partial charge on any atom is 0.335 e. The van der Waals surface area contributed by atoms with E-state index < -0.39 is 5.97 Å². The number of hydrogen-bond donors (Lipinski definition) is 1. The molecule has 2 heterocycles. The topological polar surface area (TPSA) is 55.1 Å². The van der Waals surface area contributed by atoms with Gasteiger partial charge in [0.05, 0.1) is 27.0 Å². The predicted octanol–water partition coefficient (Wildman–Crippen LogP) is 4.37. The van der Waals surface area contributed by atoms with E-state index in [4.69, 9.17) is 16.7 Å². The first-order valence-corrected chi connectivity index (χ1v) is 7.64. The highest BCUT2D eigenvalue weighted by Gasteiger charge is 2.17. The number of aromatic carboxylic acids is 1. The number of aryl methyl sites for hydroxylation is 1. The molecule has 0 aliphatic rings. The average molecular weight is 321 g/mol. The number of halogens is 1. The van der Waals surface area contributed by atoms with Gasteiger partial charge in [0, 0.05) is 4.88 Å². The lowest BCUT2D eigenvalue weighted by atomic mass is 10.2. The van der Waals surface area contributed by atoms with Gasteiger partial charge in [0.15, 0.2) is 0 Å². The van der Waals surface area contributed by atoms with Gasteiger partial charge in [0.25, 0.3) is 0 Å². The number of fused-ring (bicyclic) bond motifs is 1. The molecule has 3 rings (SSSR count). The second kappa shape index (κ2) is 5.16. The van der Waals surface area contributed by atoms with Gasteiger partial charge in [0.2, 0.25) is 0 Å². The third-order valence-corrected chi connectivity index (χ3v) is 4.91. The molecule has 3 aromatic rings. The lowest BCUT2D eigenvalue weighted by molar-refractivity contribution is 0.0697. The van der Waals surface area contributed by atoms with Crippen LogP contribution in [-0.4, -0.2) is 20.6 Å². The van der Waals surface area contributed by atoms with E-state index in [9.17, 15) is 4.79 Å². The van der Waals surface area contributed by atoms with Crippen molar-refractivity contribution in [2.45, 2.75) is 19.9 Å². The molecule has 1 aromatic carbocycles. The maximum atomic E-state index is 11.2. The number of imidazole rings is 1. The SMILES string of the molecule is Cc1nc2ccc(C(=O)O)cc2n1C(C)c1ccc(Cl)s1. The fraction of sp³-hybridized carbons (Fsp3) is 0.200. The number of rotatable bonds is 3. The molecule has 0 bridgehead atoms. The lowest BCUT2D eigenvalue weighted by Crippen LogP contribution is -2.07. The lowest BCUT2D eigenvalue weighted by Gasteiger charge is -2.15. The van der Waals surface area contributed by atoms with Crippen molar-refractivity contribution in [3.05, 3.63) is 50.9 Å². The van der Waals surface area contributed by atoms with Crippen LogP contribution in [0.1, 0.15) is 34.0 Å². The van der Waals surface area contributed by atoms with Crippen LogP contribution in [0.25, 0.3) is 11.0 Å². The second-order valence-electron chi connectivity index (χ2n) is 4.86. The summed E-state index contributed by atoms with van der Waals surface area (Å²) in [5.74, 6) is -0.0846. The number of hydrogen-bond acceptors (Lipinski definition) is 3. The van der Waals surface area contributed by atoms with Crippen LogP contribution >= 0.6 is 22.9 Å². The minimum Gasteiger partial charge on any atom is -0.478 e. The number of carboxylic acids is 1. The summed E-state index contributed by atoms with van der Waals surface area (Å²) in [6.45, 7) is 3.98. The van der Waals surface area contributed by atoms with Crippen LogP contribution in [0.2, 0.25) is 4.34 Å². The normalized spacial score (nSPS) is 12.7. The van der Waals surface area contributed by atoms with Crippen LogP contribution in [0.5, 0.6) is 0 Å². The van der Waals surface area contributed by atoms with Gasteiger partial charge in [-0.3, -0.25) is 0 Å². The van der Waals surface area contributed by atoms with Crippen molar-refractivity contribution >= 4 is 39.9 Å². The van der Waals surface area contributed by atoms with E-state index in [0.717, 1.165) is 26.1 Å². The van der Waals surface area contributed by atoms with Gasteiger partial charge in [-0.25, -0.2) is 9.78 Å². The summed E-state index contributed by atoms with van der Waals surface area (Å²) < 4.78 is 2.79. The molecule has 108 valence electrons. The summed E-state index contributed by atoms with van der Waals surface area (Å²) in [4.78, 5) is 16.8. The van der Waals surface area contributed by atoms with Gasteiger partial charge >= 0.3 is 5.97 Å². The van der Waals surface area contributed by atoms with Crippen molar-refractivity contribution < 1.29 is 9.90 Å². The molecule has 2 aromatic heterocycles. The average Bonchev–Trinajstić information content (AvgIpc) is 3.00. The fourth-order valence-electron chi connectivity index (χ4n) is 2.52. The number of benzene rings is 1. The number of aromatic nitrogens is 2. The molecule has 0 spiro atoms. The Morgan fingerprint density at radius 2 is 2.14 bits per heavy atom. The molecule has 0 aliphatic heterocycles. The zero-order valence-corrected chi connectivity index (χ0v) is 13.1. The Bertz CT molecular complexity index is 837. The Kier molecular flexibility index (Phi) is 3.47. The predicted molar refractivity (Wildman–Crippen MR) is 84.6 cm³/mol. The zero-order valence-electron chi connectivity index (χ0n) is 11.5. The molecule has 0 saturated heterocycles. The molecule has 21 heavy (non-hydrogen) atoms. The Balaban J connectivity index is 2.18. The zero-order chi connectivity index (χ0) is 15.1. The van der Waals surface area contributed by atoms with E-state index in [1.165, 1.54) is 11.3 Å². The molecule has 4 nitrogen and oxygen atoms in total. The molecule has 0 aliphatic carbocycles. The fourth-order valence-corrected chi connectivity index (χ4v) is 3.62. The van der Waals surface area contributed by atoms with Crippen LogP contribution in [0, 0.1) is 6.92 Å². The van der Waals surface area contributed by atoms with Gasteiger partial charge in [-0.15, -0.1) is 11.3 Å². The number of carbonyl (C=O) groups is 1. The third-order valence-electron chi connectivity index (χ3n) is 3.51. The van der Waals surface area contributed by atoms with Crippen LogP contribution in [0.4, 0.5) is 0 Å². The van der Waals surface area contributed by atoms with Gasteiger partial charge in [-0.1, -0.05) is 11.6 Å². The van der Waals surface area contributed by atoms with Gasteiger partial charge in [-0.2, -0.15) is 0 Å². The van der Waals surface area contributed by atoms with E-state index >= 15 is 0 Å². The molecular weight excluding hydrogens is 308 g/mol. The first-order valence-electron chi connectivity index (χ1n) is 6.44. The Hall–Kier alpha value is -1.85. The van der Waals surface area contributed by atoms with E-state index in [1.807, 2.05) is 23.6 Å². The van der Waals surface area contributed by atoms with Crippen molar-refractivity contribution in [3.63, 3.8) is 0 Å². The summed E-state index contributed by atoms with van der Waals surface area (Å²) in [5.41, 5.74) is 1.89. The van der Waals surface area contributed by atoms with E-state index in [-0.39, 0.29) is 11.6 Å². The Morgan fingerprint density at radius 1 is 1.38 bits per heavy atom. The minimum absolute atomic E-state index is 0.0524. The third kappa shape index (κ3) is 2.43. The van der Waals surface area contributed by atoms with E-state index in [1.54, 1.807) is 18.2 Å². The highest BCUT2D eigenvalue weighted by Crippen LogP contribution is 2.32. The number of thiophene rings is 1. The smallest absolute Gasteiger partial charge is 0.335 e. The first kappa shape index (κ1) is 14.1. The van der Waals surface area contributed by atoms with E-state index in [2.05, 4.69) is 11.9 Å². The van der Waals surface area contributed by atoms with E-state index in [0.29, 0.717) is 0 Å². The van der Waals surface area contributed by atoms with Crippen LogP contribution in [-0.2, 0) is 0 Å². The maximum absolute atomic E-state index is 11.2. The molecule has 0 saturated carbocycles. The van der Waals surface area contributed by atoms with Crippen LogP contribution < -0.4 is 0 Å². The van der Waals surface area contributed by atoms with Crippen LogP contribution in [0.15, 0.2) is 30.3 Å².